The number of ether oxygens (including phenoxy) is 1. The first-order valence-electron chi connectivity index (χ1n) is 9.43. The van der Waals surface area contributed by atoms with E-state index in [-0.39, 0.29) is 5.41 Å². The number of nitriles is 1. The molecule has 144 valence electrons. The fourth-order valence-electron chi connectivity index (χ4n) is 2.58. The van der Waals surface area contributed by atoms with Gasteiger partial charge in [0, 0.05) is 24.1 Å². The van der Waals surface area contributed by atoms with Gasteiger partial charge in [0.15, 0.2) is 0 Å². The lowest BCUT2D eigenvalue weighted by Crippen LogP contribution is -2.17. The van der Waals surface area contributed by atoms with Gasteiger partial charge in [0.1, 0.15) is 12.4 Å². The number of hydrogen-bond acceptors (Lipinski definition) is 3. The van der Waals surface area contributed by atoms with E-state index in [1.807, 2.05) is 42.5 Å². The largest absolute Gasteiger partial charge is 0.489 e. The minimum absolute atomic E-state index is 0.0322. The summed E-state index contributed by atoms with van der Waals surface area (Å²) in [7, 11) is 2.08. The van der Waals surface area contributed by atoms with Gasteiger partial charge < -0.3 is 4.74 Å². The summed E-state index contributed by atoms with van der Waals surface area (Å²) in [4.78, 5) is 2.22. The molecular formula is C25H28N2O. The van der Waals surface area contributed by atoms with E-state index >= 15 is 0 Å². The molecule has 0 saturated carbocycles. The fourth-order valence-corrected chi connectivity index (χ4v) is 2.58. The maximum atomic E-state index is 9.18. The molecule has 0 N–H and O–H groups in total. The Kier molecular flexibility index (Phi) is 7.88. The highest BCUT2D eigenvalue weighted by Gasteiger charge is 2.04. The molecule has 0 aromatic heterocycles. The monoisotopic (exact) mass is 372 g/mol. The molecule has 0 fully saturated rings. The topological polar surface area (TPSA) is 36.3 Å². The van der Waals surface area contributed by atoms with Crippen LogP contribution in [-0.2, 0) is 13.2 Å². The summed E-state index contributed by atoms with van der Waals surface area (Å²) < 4.78 is 5.90. The molecule has 0 spiro atoms. The van der Waals surface area contributed by atoms with Gasteiger partial charge in [-0.1, -0.05) is 48.2 Å². The van der Waals surface area contributed by atoms with E-state index in [0.29, 0.717) is 12.2 Å². The van der Waals surface area contributed by atoms with Crippen molar-refractivity contribution in [1.29, 1.82) is 5.26 Å². The van der Waals surface area contributed by atoms with Crippen LogP contribution in [0.3, 0.4) is 0 Å². The maximum Gasteiger partial charge on any atom is 0.120 e. The molecule has 0 saturated heterocycles. The van der Waals surface area contributed by atoms with Crippen LogP contribution in [0, 0.1) is 28.6 Å². The van der Waals surface area contributed by atoms with Gasteiger partial charge in [-0.05, 0) is 57.7 Å². The molecule has 0 aliphatic heterocycles. The van der Waals surface area contributed by atoms with Crippen molar-refractivity contribution in [3.8, 4) is 23.7 Å². The summed E-state index contributed by atoms with van der Waals surface area (Å²) in [6, 6.07) is 17.8. The number of benzene rings is 2. The highest BCUT2D eigenvalue weighted by atomic mass is 16.5. The average Bonchev–Trinajstić information content (AvgIpc) is 2.65. The molecule has 3 heteroatoms. The lowest BCUT2D eigenvalue weighted by atomic mass is 9.98. The lowest BCUT2D eigenvalue weighted by Gasteiger charge is -2.15. The van der Waals surface area contributed by atoms with Crippen LogP contribution >= 0.6 is 0 Å². The third-order valence-electron chi connectivity index (χ3n) is 3.95. The SMILES string of the molecule is CN(C/C=C/C#CC(C)(C)C)Cc1cccc(OCc2ccccc2C#N)c1. The minimum Gasteiger partial charge on any atom is -0.489 e. The zero-order valence-electron chi connectivity index (χ0n) is 17.2. The fraction of sp³-hybridized carbons (Fsp3) is 0.320. The van der Waals surface area contributed by atoms with Crippen molar-refractivity contribution >= 4 is 0 Å². The van der Waals surface area contributed by atoms with Crippen LogP contribution in [0.1, 0.15) is 37.5 Å². The van der Waals surface area contributed by atoms with E-state index in [0.717, 1.165) is 24.4 Å². The smallest absolute Gasteiger partial charge is 0.120 e. The van der Waals surface area contributed by atoms with Crippen molar-refractivity contribution in [2.24, 2.45) is 5.41 Å². The molecule has 0 amide bonds. The molecule has 0 bridgehead atoms. The Labute approximate surface area is 169 Å². The summed E-state index contributed by atoms with van der Waals surface area (Å²) in [5.41, 5.74) is 2.77. The molecule has 0 atom stereocenters. The second-order valence-corrected chi connectivity index (χ2v) is 7.82. The molecule has 28 heavy (non-hydrogen) atoms. The van der Waals surface area contributed by atoms with Crippen molar-refractivity contribution in [3.63, 3.8) is 0 Å². The van der Waals surface area contributed by atoms with Gasteiger partial charge in [-0.25, -0.2) is 0 Å². The van der Waals surface area contributed by atoms with Crippen molar-refractivity contribution in [3.05, 3.63) is 77.4 Å². The van der Waals surface area contributed by atoms with Crippen molar-refractivity contribution in [1.82, 2.24) is 4.90 Å². The van der Waals surface area contributed by atoms with E-state index in [2.05, 4.69) is 68.8 Å². The summed E-state index contributed by atoms with van der Waals surface area (Å²) >= 11 is 0. The van der Waals surface area contributed by atoms with E-state index in [9.17, 15) is 5.26 Å². The quantitative estimate of drug-likeness (QED) is 0.629. The zero-order valence-corrected chi connectivity index (χ0v) is 17.2. The Bertz CT molecular complexity index is 904. The standard InChI is InChI=1S/C25H28N2O/c1-25(2,3)15-8-5-9-16-27(4)19-21-11-10-14-24(17-21)28-20-23-13-7-6-12-22(23)18-26/h5-7,9-14,17H,16,19-20H2,1-4H3/b9-5+. The number of allylic oxidation sites excluding steroid dienone is 1. The zero-order chi connectivity index (χ0) is 20.4. The van der Waals surface area contributed by atoms with E-state index in [1.54, 1.807) is 0 Å². The molecule has 0 aliphatic rings. The molecule has 2 rings (SSSR count). The van der Waals surface area contributed by atoms with Gasteiger partial charge in [-0.15, -0.1) is 0 Å². The third-order valence-corrected chi connectivity index (χ3v) is 3.95. The third kappa shape index (κ3) is 7.70. The predicted molar refractivity (Wildman–Crippen MR) is 115 cm³/mol. The van der Waals surface area contributed by atoms with Crippen LogP contribution < -0.4 is 4.74 Å². The molecule has 0 heterocycles. The highest BCUT2D eigenvalue weighted by molar-refractivity contribution is 5.37. The number of nitrogens with zero attached hydrogens (tertiary/aromatic N) is 2. The van der Waals surface area contributed by atoms with E-state index in [4.69, 9.17) is 4.74 Å². The number of likely N-dealkylation sites (N-methyl/N-ethyl adjacent to an activating group) is 1. The normalized spacial score (nSPS) is 11.1. The van der Waals surface area contributed by atoms with Crippen molar-refractivity contribution in [2.45, 2.75) is 33.9 Å². The molecule has 0 unspecified atom stereocenters. The van der Waals surface area contributed by atoms with Gasteiger partial charge in [0.2, 0.25) is 0 Å². The Hall–Kier alpha value is -3.01. The Balaban J connectivity index is 1.89. The van der Waals surface area contributed by atoms with E-state index in [1.165, 1.54) is 5.56 Å². The first kappa shape index (κ1) is 21.3. The highest BCUT2D eigenvalue weighted by Crippen LogP contribution is 2.17. The van der Waals surface area contributed by atoms with Gasteiger partial charge in [0.05, 0.1) is 11.6 Å². The van der Waals surface area contributed by atoms with Gasteiger partial charge in [0.25, 0.3) is 0 Å². The van der Waals surface area contributed by atoms with Crippen LogP contribution in [0.5, 0.6) is 5.75 Å². The van der Waals surface area contributed by atoms with Gasteiger partial charge in [-0.3, -0.25) is 4.90 Å². The van der Waals surface area contributed by atoms with Gasteiger partial charge in [-0.2, -0.15) is 5.26 Å². The Morgan fingerprint density at radius 1 is 1.11 bits per heavy atom. The molecule has 2 aromatic rings. The first-order chi connectivity index (χ1) is 13.4. The second kappa shape index (κ2) is 10.4. The predicted octanol–water partition coefficient (Wildman–Crippen LogP) is 5.17. The van der Waals surface area contributed by atoms with Crippen LogP contribution in [0.25, 0.3) is 0 Å². The number of hydrogen-bond donors (Lipinski definition) is 0. The average molecular weight is 373 g/mol. The van der Waals surface area contributed by atoms with Crippen LogP contribution in [0.15, 0.2) is 60.7 Å². The molecule has 0 radical (unpaired) electrons. The van der Waals surface area contributed by atoms with E-state index < -0.39 is 0 Å². The molecule has 0 aliphatic carbocycles. The minimum atomic E-state index is 0.0322. The van der Waals surface area contributed by atoms with Crippen LogP contribution in [-0.4, -0.2) is 18.5 Å². The maximum absolute atomic E-state index is 9.18. The van der Waals surface area contributed by atoms with Crippen molar-refractivity contribution < 1.29 is 4.74 Å². The summed E-state index contributed by atoms with van der Waals surface area (Å²) in [5, 5.41) is 9.18. The first-order valence-corrected chi connectivity index (χ1v) is 9.43. The number of rotatable bonds is 7. The Morgan fingerprint density at radius 2 is 1.89 bits per heavy atom. The second-order valence-electron chi connectivity index (χ2n) is 7.82. The lowest BCUT2D eigenvalue weighted by molar-refractivity contribution is 0.304. The van der Waals surface area contributed by atoms with Crippen molar-refractivity contribution in [2.75, 3.05) is 13.6 Å². The van der Waals surface area contributed by atoms with Crippen LogP contribution in [0.2, 0.25) is 0 Å². The summed E-state index contributed by atoms with van der Waals surface area (Å²) in [5.74, 6) is 7.10. The Morgan fingerprint density at radius 3 is 2.64 bits per heavy atom. The molecule has 3 nitrogen and oxygen atoms in total. The summed E-state index contributed by atoms with van der Waals surface area (Å²) in [6.07, 6.45) is 4.01. The molecular weight excluding hydrogens is 344 g/mol. The summed E-state index contributed by atoms with van der Waals surface area (Å²) in [6.45, 7) is 8.36. The van der Waals surface area contributed by atoms with Crippen LogP contribution in [0.4, 0.5) is 0 Å². The molecule has 2 aromatic carbocycles. The van der Waals surface area contributed by atoms with Gasteiger partial charge >= 0.3 is 0 Å².